The summed E-state index contributed by atoms with van der Waals surface area (Å²) in [5.41, 5.74) is 0.980. The molecule has 2 atom stereocenters. The summed E-state index contributed by atoms with van der Waals surface area (Å²) in [5.74, 6) is -0.510. The molecule has 0 bridgehead atoms. The van der Waals surface area contributed by atoms with Crippen molar-refractivity contribution in [3.05, 3.63) is 65.8 Å². The molecule has 2 aromatic carbocycles. The first-order valence-electron chi connectivity index (χ1n) is 8.68. The van der Waals surface area contributed by atoms with E-state index in [9.17, 15) is 9.18 Å². The molecule has 3 rings (SSSR count). The molecule has 0 aliphatic carbocycles. The molecule has 0 aliphatic heterocycles. The fraction of sp³-hybridized carbons (Fsp3) is 0.200. The number of para-hydroxylation sites is 1. The zero-order chi connectivity index (χ0) is 20.8. The molecular weight excluding hydrogens is 395 g/mol. The number of nitriles is 1. The van der Waals surface area contributed by atoms with E-state index in [4.69, 9.17) is 14.4 Å². The average molecular weight is 412 g/mol. The third-order valence-electron chi connectivity index (χ3n) is 3.82. The van der Waals surface area contributed by atoms with Crippen LogP contribution in [0.15, 0.2) is 58.2 Å². The Balaban J connectivity index is 1.59. The van der Waals surface area contributed by atoms with Gasteiger partial charge in [-0.3, -0.25) is 4.79 Å². The maximum absolute atomic E-state index is 13.7. The van der Waals surface area contributed by atoms with Gasteiger partial charge in [0.05, 0.1) is 16.9 Å². The van der Waals surface area contributed by atoms with E-state index >= 15 is 0 Å². The number of ether oxygens (including phenoxy) is 1. The molecular formula is C20H17FN4O3S. The van der Waals surface area contributed by atoms with Crippen LogP contribution < -0.4 is 10.1 Å². The predicted octanol–water partition coefficient (Wildman–Crippen LogP) is 4.34. The monoisotopic (exact) mass is 412 g/mol. The van der Waals surface area contributed by atoms with Gasteiger partial charge in [0.1, 0.15) is 0 Å². The second-order valence-corrected chi connectivity index (χ2v) is 7.33. The molecule has 7 nitrogen and oxygen atoms in total. The van der Waals surface area contributed by atoms with Crippen LogP contribution >= 0.6 is 11.8 Å². The molecule has 3 aromatic rings. The van der Waals surface area contributed by atoms with Gasteiger partial charge in [-0.15, -0.1) is 10.2 Å². The summed E-state index contributed by atoms with van der Waals surface area (Å²) in [6.45, 7) is 3.35. The normalized spacial score (nSPS) is 12.6. The summed E-state index contributed by atoms with van der Waals surface area (Å²) in [4.78, 5) is 12.4. The highest BCUT2D eigenvalue weighted by Gasteiger charge is 2.21. The summed E-state index contributed by atoms with van der Waals surface area (Å²) >= 11 is 1.08. The topological polar surface area (TPSA) is 101 Å². The number of amides is 1. The van der Waals surface area contributed by atoms with Crippen molar-refractivity contribution in [2.24, 2.45) is 0 Å². The van der Waals surface area contributed by atoms with Gasteiger partial charge in [-0.05, 0) is 44.2 Å². The molecule has 0 fully saturated rings. The smallest absolute Gasteiger partial charge is 0.277 e. The van der Waals surface area contributed by atoms with Gasteiger partial charge in [0.15, 0.2) is 17.7 Å². The first kappa shape index (κ1) is 20.4. The average Bonchev–Trinajstić information content (AvgIpc) is 3.18. The van der Waals surface area contributed by atoms with E-state index in [1.807, 2.05) is 6.07 Å². The number of rotatable bonds is 7. The number of hydrogen-bond donors (Lipinski definition) is 1. The second-order valence-electron chi connectivity index (χ2n) is 6.04. The summed E-state index contributed by atoms with van der Waals surface area (Å²) in [7, 11) is 0. The third-order valence-corrected chi connectivity index (χ3v) is 4.75. The number of nitrogens with one attached hydrogen (secondary N) is 1. The number of carbonyl (C=O) groups is 1. The van der Waals surface area contributed by atoms with Gasteiger partial charge < -0.3 is 14.5 Å². The summed E-state index contributed by atoms with van der Waals surface area (Å²) in [6, 6.07) is 14.7. The highest BCUT2D eigenvalue weighted by atomic mass is 32.2. The van der Waals surface area contributed by atoms with Crippen LogP contribution in [0.25, 0.3) is 0 Å². The van der Waals surface area contributed by atoms with Crippen molar-refractivity contribution in [3.63, 3.8) is 0 Å². The Morgan fingerprint density at radius 1 is 1.24 bits per heavy atom. The SMILES string of the molecule is C[C@H](Sc1nnc([C@H](C)Oc2ccccc2F)o1)C(=O)Nc1cccc(C#N)c1. The number of carbonyl (C=O) groups excluding carboxylic acids is 1. The summed E-state index contributed by atoms with van der Waals surface area (Å²) < 4.78 is 24.7. The molecule has 0 spiro atoms. The molecule has 29 heavy (non-hydrogen) atoms. The van der Waals surface area contributed by atoms with E-state index < -0.39 is 17.2 Å². The number of hydrogen-bond acceptors (Lipinski definition) is 7. The third kappa shape index (κ3) is 5.33. The minimum Gasteiger partial charge on any atom is -0.478 e. The van der Waals surface area contributed by atoms with Crippen molar-refractivity contribution in [2.45, 2.75) is 30.4 Å². The molecule has 1 amide bonds. The van der Waals surface area contributed by atoms with Crippen LogP contribution in [0.2, 0.25) is 0 Å². The van der Waals surface area contributed by atoms with Crippen LogP contribution in [0.1, 0.15) is 31.4 Å². The van der Waals surface area contributed by atoms with Crippen LogP contribution in [0.5, 0.6) is 5.75 Å². The molecule has 9 heteroatoms. The number of aromatic nitrogens is 2. The second kappa shape index (κ2) is 9.21. The van der Waals surface area contributed by atoms with Gasteiger partial charge >= 0.3 is 0 Å². The Kier molecular flexibility index (Phi) is 6.46. The Morgan fingerprint density at radius 3 is 2.79 bits per heavy atom. The van der Waals surface area contributed by atoms with Crippen molar-refractivity contribution < 1.29 is 18.3 Å². The minimum atomic E-state index is -0.661. The molecule has 0 unspecified atom stereocenters. The van der Waals surface area contributed by atoms with Crippen molar-refractivity contribution in [1.82, 2.24) is 10.2 Å². The van der Waals surface area contributed by atoms with Crippen LogP contribution in [0.3, 0.4) is 0 Å². The fourth-order valence-electron chi connectivity index (χ4n) is 2.33. The van der Waals surface area contributed by atoms with Crippen LogP contribution in [-0.4, -0.2) is 21.4 Å². The van der Waals surface area contributed by atoms with Crippen molar-refractivity contribution >= 4 is 23.4 Å². The van der Waals surface area contributed by atoms with Gasteiger partial charge in [0.2, 0.25) is 5.91 Å². The Morgan fingerprint density at radius 2 is 2.03 bits per heavy atom. The highest BCUT2D eigenvalue weighted by Crippen LogP contribution is 2.27. The summed E-state index contributed by atoms with van der Waals surface area (Å²) in [5, 5.41) is 19.1. The molecule has 1 heterocycles. The van der Waals surface area contributed by atoms with Crippen LogP contribution in [0.4, 0.5) is 10.1 Å². The maximum Gasteiger partial charge on any atom is 0.277 e. The standard InChI is InChI=1S/C20H17FN4O3S/c1-12(27-17-9-4-3-8-16(17)21)19-24-25-20(28-19)29-13(2)18(26)23-15-7-5-6-14(10-15)11-22/h3-10,12-13H,1-2H3,(H,23,26)/t12-,13-/m0/s1. The van der Waals surface area contributed by atoms with Gasteiger partial charge in [0.25, 0.3) is 11.1 Å². The lowest BCUT2D eigenvalue weighted by Gasteiger charge is -2.11. The molecule has 0 saturated carbocycles. The summed E-state index contributed by atoms with van der Waals surface area (Å²) in [6.07, 6.45) is -0.661. The Bertz CT molecular complexity index is 1050. The quantitative estimate of drug-likeness (QED) is 0.576. The number of anilines is 1. The fourth-order valence-corrected chi connectivity index (χ4v) is 3.02. The van der Waals surface area contributed by atoms with Crippen molar-refractivity contribution in [2.75, 3.05) is 5.32 Å². The molecule has 0 saturated heterocycles. The van der Waals surface area contributed by atoms with E-state index in [1.54, 1.807) is 50.2 Å². The lowest BCUT2D eigenvalue weighted by molar-refractivity contribution is -0.115. The number of halogens is 1. The van der Waals surface area contributed by atoms with Gasteiger partial charge in [-0.2, -0.15) is 5.26 Å². The number of thioether (sulfide) groups is 1. The molecule has 1 aromatic heterocycles. The number of nitrogens with zero attached hydrogens (tertiary/aromatic N) is 3. The minimum absolute atomic E-state index is 0.0831. The lowest BCUT2D eigenvalue weighted by Crippen LogP contribution is -2.22. The predicted molar refractivity (Wildman–Crippen MR) is 105 cm³/mol. The van der Waals surface area contributed by atoms with E-state index in [1.165, 1.54) is 12.1 Å². The maximum atomic E-state index is 13.7. The van der Waals surface area contributed by atoms with Crippen LogP contribution in [-0.2, 0) is 4.79 Å². The Labute approximate surface area is 170 Å². The van der Waals surface area contributed by atoms with Gasteiger partial charge in [-0.1, -0.05) is 30.0 Å². The first-order chi connectivity index (χ1) is 14.0. The molecule has 1 N–H and O–H groups in total. The van der Waals surface area contributed by atoms with Crippen molar-refractivity contribution in [1.29, 1.82) is 5.26 Å². The van der Waals surface area contributed by atoms with E-state index in [-0.39, 0.29) is 22.8 Å². The van der Waals surface area contributed by atoms with Crippen LogP contribution in [0, 0.1) is 17.1 Å². The van der Waals surface area contributed by atoms with Gasteiger partial charge in [-0.25, -0.2) is 4.39 Å². The van der Waals surface area contributed by atoms with Gasteiger partial charge in [0, 0.05) is 5.69 Å². The largest absolute Gasteiger partial charge is 0.478 e. The number of benzene rings is 2. The zero-order valence-electron chi connectivity index (χ0n) is 15.6. The zero-order valence-corrected chi connectivity index (χ0v) is 16.4. The van der Waals surface area contributed by atoms with E-state index in [0.717, 1.165) is 11.8 Å². The lowest BCUT2D eigenvalue weighted by atomic mass is 10.2. The molecule has 0 radical (unpaired) electrons. The Hall–Kier alpha value is -3.38. The first-order valence-corrected chi connectivity index (χ1v) is 9.56. The highest BCUT2D eigenvalue weighted by molar-refractivity contribution is 8.00. The van der Waals surface area contributed by atoms with Crippen molar-refractivity contribution in [3.8, 4) is 11.8 Å². The molecule has 0 aliphatic rings. The van der Waals surface area contributed by atoms with E-state index in [0.29, 0.717) is 11.3 Å². The molecule has 148 valence electrons. The van der Waals surface area contributed by atoms with E-state index in [2.05, 4.69) is 15.5 Å².